The van der Waals surface area contributed by atoms with Gasteiger partial charge in [0, 0.05) is 12.2 Å². The van der Waals surface area contributed by atoms with Crippen molar-refractivity contribution in [3.8, 4) is 0 Å². The standard InChI is InChI=1S/C19H36N6O6S/c1-10(2)15(25-16(27)11(21)5-3-4-8-20)18(29)23-12(6-7-14(22)26)17(28)24-13(9-32)19(30)31/h10-13,15,32H,3-9,20-21H2,1-2H3,(H2,22,26)(H,23,29)(H,24,28)(H,25,27)(H,30,31). The number of hydrogen-bond donors (Lipinski definition) is 8. The van der Waals surface area contributed by atoms with E-state index in [1.165, 1.54) is 0 Å². The fraction of sp³-hybridized carbons (Fsp3) is 0.737. The lowest BCUT2D eigenvalue weighted by atomic mass is 10.0. The molecule has 0 rings (SSSR count). The van der Waals surface area contributed by atoms with Crippen LogP contribution in [0.2, 0.25) is 0 Å². The lowest BCUT2D eigenvalue weighted by Crippen LogP contribution is -2.58. The first-order chi connectivity index (χ1) is 14.9. The number of rotatable bonds is 16. The maximum atomic E-state index is 12.8. The molecule has 0 saturated carbocycles. The summed E-state index contributed by atoms with van der Waals surface area (Å²) in [6.07, 6.45) is 1.41. The molecule has 0 bridgehead atoms. The Labute approximate surface area is 193 Å². The number of nitrogens with one attached hydrogen (secondary N) is 3. The summed E-state index contributed by atoms with van der Waals surface area (Å²) in [5.41, 5.74) is 16.4. The molecule has 0 aliphatic rings. The second-order valence-electron chi connectivity index (χ2n) is 7.77. The number of carboxylic acid groups (broad SMARTS) is 1. The van der Waals surface area contributed by atoms with Crippen LogP contribution < -0.4 is 33.2 Å². The van der Waals surface area contributed by atoms with Gasteiger partial charge in [0.15, 0.2) is 0 Å². The SMILES string of the molecule is CC(C)C(NC(=O)C(N)CCCCN)C(=O)NC(CCC(N)=O)C(=O)NC(CS)C(=O)O. The molecule has 0 aliphatic carbocycles. The number of primary amides is 1. The number of amides is 4. The van der Waals surface area contributed by atoms with Crippen LogP contribution in [0, 0.1) is 5.92 Å². The number of aliphatic carboxylic acids is 1. The zero-order valence-electron chi connectivity index (χ0n) is 18.5. The van der Waals surface area contributed by atoms with Crippen LogP contribution in [0.1, 0.15) is 46.0 Å². The molecule has 0 fully saturated rings. The van der Waals surface area contributed by atoms with Gasteiger partial charge in [0.05, 0.1) is 6.04 Å². The molecule has 4 amide bonds. The van der Waals surface area contributed by atoms with Crippen LogP contribution in [0.4, 0.5) is 0 Å². The van der Waals surface area contributed by atoms with Gasteiger partial charge in [-0.15, -0.1) is 0 Å². The molecule has 0 aromatic rings. The van der Waals surface area contributed by atoms with E-state index in [-0.39, 0.29) is 24.5 Å². The van der Waals surface area contributed by atoms with Gasteiger partial charge in [0.25, 0.3) is 0 Å². The highest BCUT2D eigenvalue weighted by Gasteiger charge is 2.31. The molecule has 4 unspecified atom stereocenters. The molecule has 12 nitrogen and oxygen atoms in total. The normalized spacial score (nSPS) is 14.7. The third-order valence-corrected chi connectivity index (χ3v) is 5.03. The van der Waals surface area contributed by atoms with E-state index < -0.39 is 53.8 Å². The van der Waals surface area contributed by atoms with Crippen LogP contribution in [-0.4, -0.2) is 71.2 Å². The molecule has 4 atom stereocenters. The zero-order valence-corrected chi connectivity index (χ0v) is 19.4. The Kier molecular flexibility index (Phi) is 14.3. The first-order valence-electron chi connectivity index (χ1n) is 10.4. The molecule has 0 spiro atoms. The fourth-order valence-corrected chi connectivity index (χ4v) is 2.96. The Morgan fingerprint density at radius 3 is 1.97 bits per heavy atom. The molecular formula is C19H36N6O6S. The van der Waals surface area contributed by atoms with Gasteiger partial charge in [0.1, 0.15) is 18.1 Å². The van der Waals surface area contributed by atoms with Crippen LogP contribution in [0.3, 0.4) is 0 Å². The minimum Gasteiger partial charge on any atom is -0.480 e. The molecule has 184 valence electrons. The van der Waals surface area contributed by atoms with E-state index in [1.54, 1.807) is 13.8 Å². The lowest BCUT2D eigenvalue weighted by molar-refractivity contribution is -0.141. The smallest absolute Gasteiger partial charge is 0.327 e. The topological polar surface area (TPSA) is 220 Å². The first-order valence-corrected chi connectivity index (χ1v) is 11.1. The maximum absolute atomic E-state index is 12.8. The van der Waals surface area contributed by atoms with Crippen molar-refractivity contribution < 1.29 is 29.1 Å². The van der Waals surface area contributed by atoms with Gasteiger partial charge in [-0.1, -0.05) is 20.3 Å². The monoisotopic (exact) mass is 476 g/mol. The average Bonchev–Trinajstić information content (AvgIpc) is 2.71. The van der Waals surface area contributed by atoms with Crippen molar-refractivity contribution in [2.45, 2.75) is 70.1 Å². The molecule has 0 aromatic heterocycles. The molecule has 0 radical (unpaired) electrons. The third-order valence-electron chi connectivity index (χ3n) is 4.66. The predicted octanol–water partition coefficient (Wildman–Crippen LogP) is -2.17. The molecule has 0 heterocycles. The van der Waals surface area contributed by atoms with Gasteiger partial charge in [-0.2, -0.15) is 12.6 Å². The van der Waals surface area contributed by atoms with Crippen LogP contribution in [0.15, 0.2) is 0 Å². The summed E-state index contributed by atoms with van der Waals surface area (Å²) >= 11 is 3.88. The van der Waals surface area contributed by atoms with Crippen LogP contribution >= 0.6 is 12.6 Å². The summed E-state index contributed by atoms with van der Waals surface area (Å²) in [5, 5.41) is 16.4. The van der Waals surface area contributed by atoms with E-state index in [0.29, 0.717) is 19.4 Å². The summed E-state index contributed by atoms with van der Waals surface area (Å²) in [5.74, 6) is -4.53. The summed E-state index contributed by atoms with van der Waals surface area (Å²) in [6.45, 7) is 3.88. The summed E-state index contributed by atoms with van der Waals surface area (Å²) < 4.78 is 0. The van der Waals surface area contributed by atoms with Crippen molar-refractivity contribution in [3.05, 3.63) is 0 Å². The number of hydrogen-bond acceptors (Lipinski definition) is 8. The second kappa shape index (κ2) is 15.4. The number of carbonyl (C=O) groups excluding carboxylic acids is 4. The minimum atomic E-state index is -1.30. The van der Waals surface area contributed by atoms with Crippen molar-refractivity contribution in [2.75, 3.05) is 12.3 Å². The van der Waals surface area contributed by atoms with Crippen molar-refractivity contribution in [3.63, 3.8) is 0 Å². The molecule has 13 heteroatoms. The van der Waals surface area contributed by atoms with E-state index in [9.17, 15) is 24.0 Å². The molecule has 10 N–H and O–H groups in total. The Hall–Kier alpha value is -2.38. The molecule has 32 heavy (non-hydrogen) atoms. The van der Waals surface area contributed by atoms with Gasteiger partial charge in [-0.25, -0.2) is 4.79 Å². The highest BCUT2D eigenvalue weighted by molar-refractivity contribution is 7.80. The van der Waals surface area contributed by atoms with Crippen LogP contribution in [0.25, 0.3) is 0 Å². The Balaban J connectivity index is 5.31. The Morgan fingerprint density at radius 1 is 0.906 bits per heavy atom. The van der Waals surface area contributed by atoms with E-state index in [2.05, 4.69) is 28.6 Å². The van der Waals surface area contributed by atoms with Crippen molar-refractivity contribution >= 4 is 42.2 Å². The van der Waals surface area contributed by atoms with Gasteiger partial charge in [0.2, 0.25) is 23.6 Å². The van der Waals surface area contributed by atoms with Crippen LogP contribution in [0.5, 0.6) is 0 Å². The highest BCUT2D eigenvalue weighted by Crippen LogP contribution is 2.07. The molecule has 0 aromatic carbocycles. The predicted molar refractivity (Wildman–Crippen MR) is 121 cm³/mol. The average molecular weight is 477 g/mol. The number of thiol groups is 1. The fourth-order valence-electron chi connectivity index (χ4n) is 2.71. The van der Waals surface area contributed by atoms with E-state index in [4.69, 9.17) is 22.3 Å². The van der Waals surface area contributed by atoms with Gasteiger partial charge in [-0.3, -0.25) is 19.2 Å². The van der Waals surface area contributed by atoms with E-state index >= 15 is 0 Å². The van der Waals surface area contributed by atoms with Gasteiger partial charge >= 0.3 is 5.97 Å². The quantitative estimate of drug-likeness (QED) is 0.0902. The number of nitrogens with two attached hydrogens (primary N) is 3. The highest BCUT2D eigenvalue weighted by atomic mass is 32.1. The Morgan fingerprint density at radius 2 is 1.50 bits per heavy atom. The molecule has 0 aliphatic heterocycles. The van der Waals surface area contributed by atoms with Crippen LogP contribution in [-0.2, 0) is 24.0 Å². The second-order valence-corrected chi connectivity index (χ2v) is 8.13. The number of carboxylic acids is 1. The summed E-state index contributed by atoms with van der Waals surface area (Å²) in [7, 11) is 0. The third kappa shape index (κ3) is 11.3. The molecular weight excluding hydrogens is 440 g/mol. The maximum Gasteiger partial charge on any atom is 0.327 e. The summed E-state index contributed by atoms with van der Waals surface area (Å²) in [4.78, 5) is 60.1. The first kappa shape index (κ1) is 29.6. The van der Waals surface area contributed by atoms with E-state index in [0.717, 1.165) is 6.42 Å². The Bertz CT molecular complexity index is 662. The van der Waals surface area contributed by atoms with Crippen molar-refractivity contribution in [1.82, 2.24) is 16.0 Å². The number of unbranched alkanes of at least 4 members (excludes halogenated alkanes) is 1. The molecule has 0 saturated heterocycles. The van der Waals surface area contributed by atoms with Gasteiger partial charge < -0.3 is 38.3 Å². The van der Waals surface area contributed by atoms with Crippen molar-refractivity contribution in [2.24, 2.45) is 23.1 Å². The minimum absolute atomic E-state index is 0.150. The lowest BCUT2D eigenvalue weighted by Gasteiger charge is -2.26. The summed E-state index contributed by atoms with van der Waals surface area (Å²) in [6, 6.07) is -4.36. The van der Waals surface area contributed by atoms with Crippen molar-refractivity contribution in [1.29, 1.82) is 0 Å². The van der Waals surface area contributed by atoms with E-state index in [1.807, 2.05) is 0 Å². The van der Waals surface area contributed by atoms with Gasteiger partial charge in [-0.05, 0) is 31.7 Å². The largest absolute Gasteiger partial charge is 0.480 e. The number of carbonyl (C=O) groups is 5. The zero-order chi connectivity index (χ0) is 24.8.